The SMILES string of the molecule is FC(F)Oc1ccc(CCl)nc1Cl. The molecule has 0 N–H and O–H groups in total. The molecule has 1 aromatic rings. The van der Waals surface area contributed by atoms with Crippen LogP contribution in [0.25, 0.3) is 0 Å². The summed E-state index contributed by atoms with van der Waals surface area (Å²) in [6.45, 7) is -2.90. The molecule has 0 aliphatic rings. The van der Waals surface area contributed by atoms with Crippen molar-refractivity contribution in [3.63, 3.8) is 0 Å². The number of hydrogen-bond acceptors (Lipinski definition) is 2. The van der Waals surface area contributed by atoms with Crippen LogP contribution >= 0.6 is 23.2 Å². The second-order valence-electron chi connectivity index (χ2n) is 2.10. The smallest absolute Gasteiger partial charge is 0.387 e. The molecule has 0 aliphatic heterocycles. The van der Waals surface area contributed by atoms with E-state index in [1.54, 1.807) is 0 Å². The predicted molar refractivity (Wildman–Crippen MR) is 45.4 cm³/mol. The summed E-state index contributed by atoms with van der Waals surface area (Å²) < 4.78 is 27.6. The maximum absolute atomic E-state index is 11.7. The predicted octanol–water partition coefficient (Wildman–Crippen LogP) is 3.08. The number of aromatic nitrogens is 1. The fraction of sp³-hybridized carbons (Fsp3) is 0.286. The first kappa shape index (κ1) is 10.5. The highest BCUT2D eigenvalue weighted by Crippen LogP contribution is 2.24. The Bertz CT molecular complexity index is 296. The third-order valence-corrected chi connectivity index (χ3v) is 1.77. The summed E-state index contributed by atoms with van der Waals surface area (Å²) in [6, 6.07) is 2.77. The van der Waals surface area contributed by atoms with Crippen molar-refractivity contribution in [3.05, 3.63) is 23.0 Å². The largest absolute Gasteiger partial charge is 0.432 e. The number of halogens is 4. The number of alkyl halides is 3. The van der Waals surface area contributed by atoms with Crippen LogP contribution in [0.4, 0.5) is 8.78 Å². The minimum atomic E-state index is -2.90. The van der Waals surface area contributed by atoms with Gasteiger partial charge in [0.1, 0.15) is 0 Å². The van der Waals surface area contributed by atoms with Gasteiger partial charge in [-0.2, -0.15) is 8.78 Å². The molecule has 72 valence electrons. The Kier molecular flexibility index (Phi) is 3.69. The van der Waals surface area contributed by atoms with Crippen molar-refractivity contribution in [2.45, 2.75) is 12.5 Å². The molecule has 0 saturated carbocycles. The Morgan fingerprint density at radius 3 is 2.62 bits per heavy atom. The van der Waals surface area contributed by atoms with Crippen molar-refractivity contribution in [1.82, 2.24) is 4.98 Å². The Morgan fingerprint density at radius 2 is 2.15 bits per heavy atom. The van der Waals surface area contributed by atoms with Gasteiger partial charge in [0.15, 0.2) is 10.9 Å². The first-order valence-electron chi connectivity index (χ1n) is 3.29. The van der Waals surface area contributed by atoms with Gasteiger partial charge < -0.3 is 4.74 Å². The quantitative estimate of drug-likeness (QED) is 0.585. The average molecular weight is 228 g/mol. The van der Waals surface area contributed by atoms with Crippen molar-refractivity contribution in [2.24, 2.45) is 0 Å². The zero-order valence-corrected chi connectivity index (χ0v) is 7.82. The number of rotatable bonds is 3. The van der Waals surface area contributed by atoms with Gasteiger partial charge in [-0.1, -0.05) is 11.6 Å². The van der Waals surface area contributed by atoms with Crippen molar-refractivity contribution in [2.75, 3.05) is 0 Å². The molecule has 0 amide bonds. The summed E-state index contributed by atoms with van der Waals surface area (Å²) in [5.74, 6) is 0.0276. The van der Waals surface area contributed by atoms with E-state index in [0.29, 0.717) is 5.69 Å². The molecule has 0 aromatic carbocycles. The Balaban J connectivity index is 2.85. The van der Waals surface area contributed by atoms with E-state index in [9.17, 15) is 8.78 Å². The highest BCUT2D eigenvalue weighted by molar-refractivity contribution is 6.30. The molecule has 13 heavy (non-hydrogen) atoms. The van der Waals surface area contributed by atoms with Crippen LogP contribution < -0.4 is 4.74 Å². The fourth-order valence-electron chi connectivity index (χ4n) is 0.717. The summed E-state index contributed by atoms with van der Waals surface area (Å²) in [6.07, 6.45) is 0. The van der Waals surface area contributed by atoms with Gasteiger partial charge >= 0.3 is 6.61 Å². The van der Waals surface area contributed by atoms with Crippen LogP contribution in [-0.4, -0.2) is 11.6 Å². The molecule has 0 unspecified atom stereocenters. The molecular weight excluding hydrogens is 223 g/mol. The average Bonchev–Trinajstić information content (AvgIpc) is 2.08. The molecular formula is C7H5Cl2F2NO. The van der Waals surface area contributed by atoms with Crippen LogP contribution in [-0.2, 0) is 5.88 Å². The topological polar surface area (TPSA) is 22.1 Å². The van der Waals surface area contributed by atoms with Crippen LogP contribution in [0.1, 0.15) is 5.69 Å². The van der Waals surface area contributed by atoms with E-state index in [0.717, 1.165) is 0 Å². The summed E-state index contributed by atoms with van der Waals surface area (Å²) in [4.78, 5) is 3.72. The van der Waals surface area contributed by atoms with E-state index in [4.69, 9.17) is 23.2 Å². The minimum Gasteiger partial charge on any atom is -0.432 e. The highest BCUT2D eigenvalue weighted by atomic mass is 35.5. The van der Waals surface area contributed by atoms with Gasteiger partial charge in [0.05, 0.1) is 11.6 Å². The number of pyridine rings is 1. The molecule has 0 bridgehead atoms. The minimum absolute atomic E-state index is 0.113. The number of nitrogens with zero attached hydrogens (tertiary/aromatic N) is 1. The normalized spacial score (nSPS) is 10.5. The third kappa shape index (κ3) is 2.97. The van der Waals surface area contributed by atoms with Gasteiger partial charge in [-0.05, 0) is 12.1 Å². The maximum atomic E-state index is 11.7. The van der Waals surface area contributed by atoms with Crippen molar-refractivity contribution >= 4 is 23.2 Å². The molecule has 0 radical (unpaired) electrons. The van der Waals surface area contributed by atoms with E-state index in [1.807, 2.05) is 0 Å². The van der Waals surface area contributed by atoms with Gasteiger partial charge in [-0.3, -0.25) is 0 Å². The molecule has 2 nitrogen and oxygen atoms in total. The Hall–Kier alpha value is -0.610. The lowest BCUT2D eigenvalue weighted by Gasteiger charge is -2.05. The summed E-state index contributed by atoms with van der Waals surface area (Å²) in [5.41, 5.74) is 0.508. The van der Waals surface area contributed by atoms with E-state index >= 15 is 0 Å². The van der Waals surface area contributed by atoms with Crippen LogP contribution in [0.2, 0.25) is 5.15 Å². The van der Waals surface area contributed by atoms with Crippen molar-refractivity contribution < 1.29 is 13.5 Å². The van der Waals surface area contributed by atoms with Crippen LogP contribution in [0.5, 0.6) is 5.75 Å². The lowest BCUT2D eigenvalue weighted by atomic mass is 10.4. The second-order valence-corrected chi connectivity index (χ2v) is 2.73. The number of ether oxygens (including phenoxy) is 1. The van der Waals surface area contributed by atoms with Crippen LogP contribution in [0, 0.1) is 0 Å². The summed E-state index contributed by atoms with van der Waals surface area (Å²) >= 11 is 11.0. The Labute approximate surface area is 83.4 Å². The zero-order chi connectivity index (χ0) is 9.84. The zero-order valence-electron chi connectivity index (χ0n) is 6.31. The van der Waals surface area contributed by atoms with Crippen molar-refractivity contribution in [1.29, 1.82) is 0 Å². The Morgan fingerprint density at radius 1 is 1.46 bits per heavy atom. The molecule has 0 spiro atoms. The first-order valence-corrected chi connectivity index (χ1v) is 4.21. The van der Waals surface area contributed by atoms with Gasteiger partial charge in [-0.15, -0.1) is 11.6 Å². The summed E-state index contributed by atoms with van der Waals surface area (Å²) in [7, 11) is 0. The third-order valence-electron chi connectivity index (χ3n) is 1.23. The van der Waals surface area contributed by atoms with Gasteiger partial charge in [0.2, 0.25) is 0 Å². The molecule has 1 heterocycles. The fourth-order valence-corrected chi connectivity index (χ4v) is 1.08. The molecule has 0 atom stereocenters. The first-order chi connectivity index (χ1) is 6.13. The molecule has 0 fully saturated rings. The van der Waals surface area contributed by atoms with E-state index in [-0.39, 0.29) is 16.8 Å². The van der Waals surface area contributed by atoms with E-state index in [2.05, 4.69) is 9.72 Å². The molecule has 1 rings (SSSR count). The summed E-state index contributed by atoms with van der Waals surface area (Å²) in [5, 5.41) is -0.113. The maximum Gasteiger partial charge on any atom is 0.387 e. The van der Waals surface area contributed by atoms with E-state index in [1.165, 1.54) is 12.1 Å². The van der Waals surface area contributed by atoms with Gasteiger partial charge in [0.25, 0.3) is 0 Å². The van der Waals surface area contributed by atoms with E-state index < -0.39 is 6.61 Å². The van der Waals surface area contributed by atoms with Gasteiger partial charge in [-0.25, -0.2) is 4.98 Å². The molecule has 1 aromatic heterocycles. The van der Waals surface area contributed by atoms with Crippen LogP contribution in [0.15, 0.2) is 12.1 Å². The monoisotopic (exact) mass is 227 g/mol. The standard InChI is InChI=1S/C7H5Cl2F2NO/c8-3-4-1-2-5(6(9)12-4)13-7(10)11/h1-2,7H,3H2. The lowest BCUT2D eigenvalue weighted by molar-refractivity contribution is -0.0500. The lowest BCUT2D eigenvalue weighted by Crippen LogP contribution is -2.03. The van der Waals surface area contributed by atoms with Crippen molar-refractivity contribution in [3.8, 4) is 5.75 Å². The highest BCUT2D eigenvalue weighted by Gasteiger charge is 2.09. The molecule has 0 aliphatic carbocycles. The van der Waals surface area contributed by atoms with Crippen LogP contribution in [0.3, 0.4) is 0 Å². The second kappa shape index (κ2) is 4.58. The molecule has 6 heteroatoms. The van der Waals surface area contributed by atoms with Gasteiger partial charge in [0, 0.05) is 0 Å². The number of hydrogen-bond donors (Lipinski definition) is 0. The molecule has 0 saturated heterocycles.